The third-order valence-electron chi connectivity index (χ3n) is 0.491. The lowest BCUT2D eigenvalue weighted by Crippen LogP contribution is -2.08. The Hall–Kier alpha value is -1.09. The van der Waals surface area contributed by atoms with Gasteiger partial charge in [-0.2, -0.15) is 0 Å². The molecule has 0 amide bonds. The Morgan fingerprint density at radius 1 is 1.60 bits per heavy atom. The predicted molar refractivity (Wildman–Crippen MR) is 39.5 cm³/mol. The van der Waals surface area contributed by atoms with E-state index in [4.69, 9.17) is 5.11 Å². The minimum absolute atomic E-state index is 0.166. The van der Waals surface area contributed by atoms with Crippen molar-refractivity contribution in [3.63, 3.8) is 0 Å². The maximum absolute atomic E-state index is 10.1. The monoisotopic (exact) mass is 144 g/mol. The summed E-state index contributed by atoms with van der Waals surface area (Å²) >= 11 is 0. The first-order valence-corrected chi connectivity index (χ1v) is 2.68. The molecule has 0 spiro atoms. The van der Waals surface area contributed by atoms with Crippen LogP contribution in [-0.2, 0) is 9.53 Å². The number of ether oxygens (including phenoxy) is 1. The summed E-state index contributed by atoms with van der Waals surface area (Å²) in [7, 11) is 0. The summed E-state index contributed by atoms with van der Waals surface area (Å²) in [6.07, 6.45) is 1.44. The van der Waals surface area contributed by atoms with Gasteiger partial charge in [-0.05, 0) is 0 Å². The molecule has 1 N–H and O–H groups in total. The maximum Gasteiger partial charge on any atom is 0.332 e. The van der Waals surface area contributed by atoms with Crippen LogP contribution in [0.15, 0.2) is 25.8 Å². The van der Waals surface area contributed by atoms with Crippen LogP contribution >= 0.6 is 0 Å². The Balaban J connectivity index is 0. The Morgan fingerprint density at radius 2 is 2.10 bits per heavy atom. The minimum Gasteiger partial charge on any atom is -0.460 e. The molecule has 3 heteroatoms. The smallest absolute Gasteiger partial charge is 0.332 e. The molecule has 0 aliphatic rings. The Morgan fingerprint density at radius 3 is 2.40 bits per heavy atom. The third kappa shape index (κ3) is 10.0. The van der Waals surface area contributed by atoms with E-state index in [1.807, 2.05) is 0 Å². The fraction of sp³-hybridized carbons (Fsp3) is 0.286. The fourth-order valence-electron chi connectivity index (χ4n) is 0.198. The van der Waals surface area contributed by atoms with E-state index in [-0.39, 0.29) is 6.61 Å². The van der Waals surface area contributed by atoms with E-state index in [1.165, 1.54) is 6.08 Å². The lowest BCUT2D eigenvalue weighted by atomic mass is 10.7. The van der Waals surface area contributed by atoms with Crippen LogP contribution in [0.4, 0.5) is 0 Å². The van der Waals surface area contributed by atoms with Crippen LogP contribution in [0.2, 0.25) is 0 Å². The zero-order valence-corrected chi connectivity index (χ0v) is 5.88. The van der Waals surface area contributed by atoms with E-state index in [0.717, 1.165) is 0 Å². The first-order valence-electron chi connectivity index (χ1n) is 2.68. The maximum atomic E-state index is 10.1. The predicted octanol–water partition coefficient (Wildman–Crippen LogP) is 0.510. The van der Waals surface area contributed by atoms with Gasteiger partial charge in [-0.1, -0.05) is 12.7 Å². The largest absolute Gasteiger partial charge is 0.460 e. The Labute approximate surface area is 60.6 Å². The summed E-state index contributed by atoms with van der Waals surface area (Å²) in [5.41, 5.74) is 0. The van der Waals surface area contributed by atoms with Crippen molar-refractivity contribution in [2.24, 2.45) is 0 Å². The number of hydrogen-bond donors (Lipinski definition) is 1. The molecule has 0 aromatic rings. The summed E-state index contributed by atoms with van der Waals surface area (Å²) in [6, 6.07) is 0. The van der Waals surface area contributed by atoms with Crippen molar-refractivity contribution >= 4 is 5.97 Å². The molecule has 0 saturated carbocycles. The van der Waals surface area contributed by atoms with Gasteiger partial charge in [0.05, 0.1) is 0 Å². The normalized spacial score (nSPS) is 6.90. The second-order valence-corrected chi connectivity index (χ2v) is 1.13. The van der Waals surface area contributed by atoms with Gasteiger partial charge in [-0.3, -0.25) is 0 Å². The van der Waals surface area contributed by atoms with Crippen LogP contribution in [0.3, 0.4) is 0 Å². The second kappa shape index (κ2) is 10.8. The first kappa shape index (κ1) is 11.7. The molecule has 58 valence electrons. The van der Waals surface area contributed by atoms with E-state index >= 15 is 0 Å². The average molecular weight is 144 g/mol. The molecule has 0 bridgehead atoms. The number of carbonyl (C=O) groups is 1. The quantitative estimate of drug-likeness (QED) is 0.463. The lowest BCUT2D eigenvalue weighted by molar-refractivity contribution is -0.145. The van der Waals surface area contributed by atoms with E-state index in [2.05, 4.69) is 24.5 Å². The summed E-state index contributed by atoms with van der Waals surface area (Å²) in [6.45, 7) is 8.91. The van der Waals surface area contributed by atoms with Crippen molar-refractivity contribution < 1.29 is 14.6 Å². The van der Waals surface area contributed by atoms with Gasteiger partial charge in [-0.25, -0.2) is 4.79 Å². The highest BCUT2D eigenvalue weighted by atomic mass is 16.5. The highest BCUT2D eigenvalue weighted by Crippen LogP contribution is 1.74. The molecule has 0 unspecified atom stereocenters. The van der Waals surface area contributed by atoms with Gasteiger partial charge in [-0.15, -0.1) is 13.2 Å². The zero-order chi connectivity index (χ0) is 8.41. The Kier molecular flexibility index (Phi) is 12.6. The van der Waals surface area contributed by atoms with Gasteiger partial charge >= 0.3 is 5.97 Å². The van der Waals surface area contributed by atoms with Crippen molar-refractivity contribution in [1.82, 2.24) is 0 Å². The molecular formula is C7H12O3. The van der Waals surface area contributed by atoms with Crippen molar-refractivity contribution in [1.29, 1.82) is 0 Å². The molecule has 0 saturated heterocycles. The molecule has 0 heterocycles. The molecule has 0 radical (unpaired) electrons. The van der Waals surface area contributed by atoms with Crippen molar-refractivity contribution in [3.8, 4) is 0 Å². The molecule has 0 atom stereocenters. The standard InChI is InChI=1S/C5H8O3.C2H4/c1-2-3-8-5(7)4-6;1-2/h2,6H,1,3-4H2;1-2H2. The van der Waals surface area contributed by atoms with Gasteiger partial charge in [0.25, 0.3) is 0 Å². The van der Waals surface area contributed by atoms with Gasteiger partial charge in [0.2, 0.25) is 0 Å². The molecule has 0 aromatic carbocycles. The highest BCUT2D eigenvalue weighted by Gasteiger charge is 1.93. The molecule has 10 heavy (non-hydrogen) atoms. The summed E-state index contributed by atoms with van der Waals surface area (Å²) in [5, 5.41) is 8.05. The van der Waals surface area contributed by atoms with Gasteiger partial charge in [0, 0.05) is 0 Å². The summed E-state index contributed by atoms with van der Waals surface area (Å²) < 4.78 is 4.33. The molecule has 0 fully saturated rings. The van der Waals surface area contributed by atoms with Crippen LogP contribution in [-0.4, -0.2) is 24.3 Å². The number of rotatable bonds is 3. The van der Waals surface area contributed by atoms with E-state index < -0.39 is 12.6 Å². The second-order valence-electron chi connectivity index (χ2n) is 1.13. The van der Waals surface area contributed by atoms with Crippen LogP contribution < -0.4 is 0 Å². The van der Waals surface area contributed by atoms with Gasteiger partial charge < -0.3 is 9.84 Å². The first-order chi connectivity index (χ1) is 4.81. The van der Waals surface area contributed by atoms with E-state index in [1.54, 1.807) is 0 Å². The lowest BCUT2D eigenvalue weighted by Gasteiger charge is -1.94. The molecular weight excluding hydrogens is 132 g/mol. The highest BCUT2D eigenvalue weighted by molar-refractivity contribution is 5.70. The van der Waals surface area contributed by atoms with Crippen molar-refractivity contribution in [3.05, 3.63) is 25.8 Å². The average Bonchev–Trinajstić information content (AvgIpc) is 2.04. The van der Waals surface area contributed by atoms with Crippen molar-refractivity contribution in [2.45, 2.75) is 0 Å². The van der Waals surface area contributed by atoms with Gasteiger partial charge in [0.15, 0.2) is 0 Å². The number of aliphatic hydroxyl groups is 1. The number of carbonyl (C=O) groups excluding carboxylic acids is 1. The molecule has 0 rings (SSSR count). The van der Waals surface area contributed by atoms with Crippen LogP contribution in [0.25, 0.3) is 0 Å². The van der Waals surface area contributed by atoms with Gasteiger partial charge in [0.1, 0.15) is 13.2 Å². The topological polar surface area (TPSA) is 46.5 Å². The van der Waals surface area contributed by atoms with Crippen LogP contribution in [0.1, 0.15) is 0 Å². The molecule has 3 nitrogen and oxygen atoms in total. The van der Waals surface area contributed by atoms with Crippen LogP contribution in [0.5, 0.6) is 0 Å². The van der Waals surface area contributed by atoms with E-state index in [0.29, 0.717) is 0 Å². The minimum atomic E-state index is -0.620. The molecule has 0 aromatic heterocycles. The summed E-state index contributed by atoms with van der Waals surface area (Å²) in [5.74, 6) is -0.620. The Bertz CT molecular complexity index is 99.0. The summed E-state index contributed by atoms with van der Waals surface area (Å²) in [4.78, 5) is 10.1. The van der Waals surface area contributed by atoms with Crippen LogP contribution in [0, 0.1) is 0 Å². The number of esters is 1. The fourth-order valence-corrected chi connectivity index (χ4v) is 0.198. The third-order valence-corrected chi connectivity index (χ3v) is 0.491. The SMILES string of the molecule is C=C.C=CCOC(=O)CO. The number of aliphatic hydroxyl groups excluding tert-OH is 1. The number of hydrogen-bond acceptors (Lipinski definition) is 3. The molecule has 0 aliphatic heterocycles. The zero-order valence-electron chi connectivity index (χ0n) is 5.88. The molecule has 0 aliphatic carbocycles. The van der Waals surface area contributed by atoms with E-state index in [9.17, 15) is 4.79 Å². The van der Waals surface area contributed by atoms with Crippen molar-refractivity contribution in [2.75, 3.05) is 13.2 Å².